The quantitative estimate of drug-likeness (QED) is 0.822. The van der Waals surface area contributed by atoms with Crippen molar-refractivity contribution in [2.24, 2.45) is 0 Å². The van der Waals surface area contributed by atoms with Gasteiger partial charge < -0.3 is 10.0 Å². The van der Waals surface area contributed by atoms with Gasteiger partial charge >= 0.3 is 5.97 Å². The van der Waals surface area contributed by atoms with Gasteiger partial charge in [0.15, 0.2) is 16.5 Å². The Kier molecular flexibility index (Phi) is 2.66. The Morgan fingerprint density at radius 1 is 1.81 bits per heavy atom. The molecule has 0 amide bonds. The smallest absolute Gasteiger partial charge is 0.356 e. The van der Waals surface area contributed by atoms with E-state index in [0.29, 0.717) is 17.3 Å². The molecule has 2 heterocycles. The number of carboxylic acid groups (broad SMARTS) is 1. The van der Waals surface area contributed by atoms with Gasteiger partial charge in [0.25, 0.3) is 0 Å². The molecule has 0 unspecified atom stereocenters. The SMILES string of the molecule is C=CCN(C)c1nc2sccn2c1C(=O)O. The normalized spacial score (nSPS) is 10.6. The third kappa shape index (κ3) is 1.57. The molecule has 0 radical (unpaired) electrons. The van der Waals surface area contributed by atoms with Crippen LogP contribution in [0.1, 0.15) is 10.5 Å². The fourth-order valence-corrected chi connectivity index (χ4v) is 2.23. The number of anilines is 1. The van der Waals surface area contributed by atoms with Crippen molar-refractivity contribution in [1.29, 1.82) is 0 Å². The van der Waals surface area contributed by atoms with Gasteiger partial charge in [-0.15, -0.1) is 17.9 Å². The predicted octanol–water partition coefficient (Wildman–Crippen LogP) is 1.72. The molecule has 0 aliphatic heterocycles. The summed E-state index contributed by atoms with van der Waals surface area (Å²) in [7, 11) is 1.79. The first kappa shape index (κ1) is 10.7. The monoisotopic (exact) mass is 237 g/mol. The molecule has 0 aliphatic rings. The minimum atomic E-state index is -0.975. The molecular formula is C10H11N3O2S. The zero-order valence-corrected chi connectivity index (χ0v) is 9.57. The maximum atomic E-state index is 11.2. The minimum Gasteiger partial charge on any atom is -0.476 e. The maximum Gasteiger partial charge on any atom is 0.356 e. The molecule has 1 N–H and O–H groups in total. The van der Waals surface area contributed by atoms with Crippen LogP contribution in [0, 0.1) is 0 Å². The second-order valence-electron chi connectivity index (χ2n) is 3.31. The van der Waals surface area contributed by atoms with Crippen LogP contribution in [0.3, 0.4) is 0 Å². The number of hydrogen-bond acceptors (Lipinski definition) is 4. The van der Waals surface area contributed by atoms with Crippen molar-refractivity contribution in [1.82, 2.24) is 9.38 Å². The predicted molar refractivity (Wildman–Crippen MR) is 63.5 cm³/mol. The van der Waals surface area contributed by atoms with Crippen LogP contribution in [0.2, 0.25) is 0 Å². The highest BCUT2D eigenvalue weighted by Gasteiger charge is 2.21. The van der Waals surface area contributed by atoms with Gasteiger partial charge in [-0.1, -0.05) is 6.08 Å². The van der Waals surface area contributed by atoms with Gasteiger partial charge in [0, 0.05) is 25.2 Å². The van der Waals surface area contributed by atoms with E-state index in [4.69, 9.17) is 0 Å². The highest BCUT2D eigenvalue weighted by molar-refractivity contribution is 7.15. The van der Waals surface area contributed by atoms with E-state index in [1.54, 1.807) is 28.6 Å². The number of hydrogen-bond donors (Lipinski definition) is 1. The Hall–Kier alpha value is -1.82. The van der Waals surface area contributed by atoms with Crippen LogP contribution in [0.4, 0.5) is 5.82 Å². The van der Waals surface area contributed by atoms with Crippen LogP contribution in [0.5, 0.6) is 0 Å². The lowest BCUT2D eigenvalue weighted by atomic mass is 10.4. The number of rotatable bonds is 4. The summed E-state index contributed by atoms with van der Waals surface area (Å²) in [5.74, 6) is -0.504. The summed E-state index contributed by atoms with van der Waals surface area (Å²) in [6.07, 6.45) is 3.42. The number of aromatic carboxylic acids is 1. The van der Waals surface area contributed by atoms with Gasteiger partial charge in [-0.2, -0.15) is 0 Å². The fraction of sp³-hybridized carbons (Fsp3) is 0.200. The largest absolute Gasteiger partial charge is 0.476 e. The second kappa shape index (κ2) is 3.97. The molecule has 0 saturated carbocycles. The Balaban J connectivity index is 2.59. The van der Waals surface area contributed by atoms with E-state index < -0.39 is 5.97 Å². The first-order valence-electron chi connectivity index (χ1n) is 4.66. The zero-order chi connectivity index (χ0) is 11.7. The molecule has 0 saturated heterocycles. The molecule has 5 nitrogen and oxygen atoms in total. The Morgan fingerprint density at radius 2 is 2.56 bits per heavy atom. The van der Waals surface area contributed by atoms with Crippen molar-refractivity contribution < 1.29 is 9.90 Å². The Morgan fingerprint density at radius 3 is 3.19 bits per heavy atom. The zero-order valence-electron chi connectivity index (χ0n) is 8.75. The molecule has 2 rings (SSSR count). The highest BCUT2D eigenvalue weighted by atomic mass is 32.1. The van der Waals surface area contributed by atoms with Gasteiger partial charge in [-0.05, 0) is 0 Å². The number of carboxylic acids is 1. The van der Waals surface area contributed by atoms with Gasteiger partial charge in [0.1, 0.15) is 0 Å². The fourth-order valence-electron chi connectivity index (χ4n) is 1.52. The number of aromatic nitrogens is 2. The third-order valence-electron chi connectivity index (χ3n) is 2.21. The van der Waals surface area contributed by atoms with Crippen LogP contribution < -0.4 is 4.90 Å². The first-order chi connectivity index (χ1) is 7.65. The summed E-state index contributed by atoms with van der Waals surface area (Å²) in [6.45, 7) is 4.18. The minimum absolute atomic E-state index is 0.195. The van der Waals surface area contributed by atoms with Crippen LogP contribution in [0.25, 0.3) is 4.96 Å². The summed E-state index contributed by atoms with van der Waals surface area (Å²) < 4.78 is 1.59. The molecule has 0 spiro atoms. The standard InChI is InChI=1S/C10H11N3O2S/c1-3-4-12(2)8-7(9(14)15)13-5-6-16-10(13)11-8/h3,5-6H,1,4H2,2H3,(H,14,15). The number of likely N-dealkylation sites (N-methyl/N-ethyl adjacent to an activating group) is 1. The molecule has 6 heteroatoms. The summed E-state index contributed by atoms with van der Waals surface area (Å²) in [5.41, 5.74) is 0.195. The van der Waals surface area contributed by atoms with Crippen LogP contribution in [-0.4, -0.2) is 34.1 Å². The summed E-state index contributed by atoms with van der Waals surface area (Å²) >= 11 is 1.41. The van der Waals surface area contributed by atoms with Crippen molar-refractivity contribution >= 4 is 28.1 Å². The van der Waals surface area contributed by atoms with Gasteiger partial charge in [-0.25, -0.2) is 9.78 Å². The first-order valence-corrected chi connectivity index (χ1v) is 5.54. The van der Waals surface area contributed by atoms with Crippen molar-refractivity contribution in [2.45, 2.75) is 0 Å². The van der Waals surface area contributed by atoms with E-state index in [9.17, 15) is 9.90 Å². The molecular weight excluding hydrogens is 226 g/mol. The van der Waals surface area contributed by atoms with Crippen LogP contribution >= 0.6 is 11.3 Å². The lowest BCUT2D eigenvalue weighted by Crippen LogP contribution is -2.20. The van der Waals surface area contributed by atoms with E-state index in [1.807, 2.05) is 5.38 Å². The topological polar surface area (TPSA) is 57.8 Å². The lowest BCUT2D eigenvalue weighted by Gasteiger charge is -2.14. The number of imidazole rings is 1. The molecule has 84 valence electrons. The van der Waals surface area contributed by atoms with Gasteiger partial charge in [-0.3, -0.25) is 4.40 Å². The Labute approximate surface area is 96.3 Å². The average Bonchev–Trinajstić information content (AvgIpc) is 2.74. The lowest BCUT2D eigenvalue weighted by molar-refractivity contribution is 0.0690. The number of carbonyl (C=O) groups is 1. The molecule has 0 fully saturated rings. The summed E-state index contributed by atoms with van der Waals surface area (Å²) in [5, 5.41) is 11.0. The second-order valence-corrected chi connectivity index (χ2v) is 4.19. The Bertz CT molecular complexity index is 543. The van der Waals surface area contributed by atoms with Crippen molar-refractivity contribution in [3.63, 3.8) is 0 Å². The molecule has 0 aliphatic carbocycles. The van der Waals surface area contributed by atoms with Crippen LogP contribution in [-0.2, 0) is 0 Å². The number of fused-ring (bicyclic) bond motifs is 1. The molecule has 2 aromatic heterocycles. The summed E-state index contributed by atoms with van der Waals surface area (Å²) in [6, 6.07) is 0. The maximum absolute atomic E-state index is 11.2. The average molecular weight is 237 g/mol. The van der Waals surface area contributed by atoms with E-state index in [-0.39, 0.29) is 5.69 Å². The van der Waals surface area contributed by atoms with E-state index in [0.717, 1.165) is 0 Å². The van der Waals surface area contributed by atoms with Crippen molar-refractivity contribution in [3.8, 4) is 0 Å². The number of thiazole rings is 1. The number of nitrogens with zero attached hydrogens (tertiary/aromatic N) is 3. The van der Waals surface area contributed by atoms with Crippen molar-refractivity contribution in [3.05, 3.63) is 29.9 Å². The van der Waals surface area contributed by atoms with Crippen LogP contribution in [0.15, 0.2) is 24.2 Å². The van der Waals surface area contributed by atoms with E-state index in [1.165, 1.54) is 11.3 Å². The van der Waals surface area contributed by atoms with Gasteiger partial charge in [0.2, 0.25) is 0 Å². The third-order valence-corrected chi connectivity index (χ3v) is 2.97. The van der Waals surface area contributed by atoms with Crippen molar-refractivity contribution in [2.75, 3.05) is 18.5 Å². The molecule has 16 heavy (non-hydrogen) atoms. The molecule has 2 aromatic rings. The van der Waals surface area contributed by atoms with Gasteiger partial charge in [0.05, 0.1) is 0 Å². The molecule has 0 bridgehead atoms. The highest BCUT2D eigenvalue weighted by Crippen LogP contribution is 2.23. The van der Waals surface area contributed by atoms with E-state index in [2.05, 4.69) is 11.6 Å². The van der Waals surface area contributed by atoms with E-state index >= 15 is 0 Å². The molecule has 0 atom stereocenters. The summed E-state index contributed by atoms with van der Waals surface area (Å²) in [4.78, 5) is 17.9. The molecule has 0 aromatic carbocycles.